The van der Waals surface area contributed by atoms with E-state index in [1.165, 1.54) is 0 Å². The molecule has 0 aliphatic heterocycles. The fourth-order valence-corrected chi connectivity index (χ4v) is 4.92. The monoisotopic (exact) mass is 514 g/mol. The van der Waals surface area contributed by atoms with Crippen LogP contribution in [0.15, 0.2) is 24.3 Å². The molecule has 4 N–H and O–H groups in total. The largest absolute Gasteiger partial charge is 0.444 e. The lowest BCUT2D eigenvalue weighted by Crippen LogP contribution is -2.55. The van der Waals surface area contributed by atoms with Gasteiger partial charge in [0.05, 0.1) is 6.42 Å². The van der Waals surface area contributed by atoms with Crippen molar-refractivity contribution in [2.45, 2.75) is 109 Å². The first-order valence-corrected chi connectivity index (χ1v) is 13.3. The van der Waals surface area contributed by atoms with Crippen LogP contribution in [0.1, 0.15) is 89.8 Å². The zero-order valence-corrected chi connectivity index (χ0v) is 22.7. The van der Waals surface area contributed by atoms with Gasteiger partial charge in [0.1, 0.15) is 17.7 Å². The molecule has 3 rings (SSSR count). The van der Waals surface area contributed by atoms with E-state index in [0.717, 1.165) is 44.1 Å². The maximum absolute atomic E-state index is 14.1. The van der Waals surface area contributed by atoms with Crippen LogP contribution in [-0.2, 0) is 19.1 Å². The predicted molar refractivity (Wildman–Crippen MR) is 140 cm³/mol. The summed E-state index contributed by atoms with van der Waals surface area (Å²) in [5, 5.41) is 5.71. The van der Waals surface area contributed by atoms with Gasteiger partial charge in [0.2, 0.25) is 17.7 Å². The smallest absolute Gasteiger partial charge is 0.408 e. The quantitative estimate of drug-likeness (QED) is 0.464. The second-order valence-corrected chi connectivity index (χ2v) is 11.6. The maximum Gasteiger partial charge on any atom is 0.408 e. The molecule has 2 saturated carbocycles. The van der Waals surface area contributed by atoms with E-state index < -0.39 is 42.0 Å². The first-order valence-electron chi connectivity index (χ1n) is 13.3. The topological polar surface area (TPSA) is 131 Å². The van der Waals surface area contributed by atoms with Crippen LogP contribution < -0.4 is 16.4 Å². The van der Waals surface area contributed by atoms with Gasteiger partial charge >= 0.3 is 6.09 Å². The van der Waals surface area contributed by atoms with Crippen molar-refractivity contribution >= 4 is 23.8 Å². The van der Waals surface area contributed by atoms with Crippen LogP contribution in [0.25, 0.3) is 0 Å². The number of hydrogen-bond acceptors (Lipinski definition) is 5. The fourth-order valence-electron chi connectivity index (χ4n) is 4.92. The third-order valence-corrected chi connectivity index (χ3v) is 6.94. The van der Waals surface area contributed by atoms with Crippen LogP contribution in [0.5, 0.6) is 0 Å². The van der Waals surface area contributed by atoms with Gasteiger partial charge in [-0.2, -0.15) is 0 Å². The molecule has 9 nitrogen and oxygen atoms in total. The molecular weight excluding hydrogens is 472 g/mol. The van der Waals surface area contributed by atoms with Gasteiger partial charge in [-0.15, -0.1) is 0 Å². The molecule has 4 amide bonds. The average molecular weight is 515 g/mol. The molecule has 9 heteroatoms. The number of primary amides is 1. The Bertz CT molecular complexity index is 981. The van der Waals surface area contributed by atoms with E-state index in [9.17, 15) is 19.2 Å². The minimum atomic E-state index is -1.25. The summed E-state index contributed by atoms with van der Waals surface area (Å²) in [6.07, 6.45) is 4.58. The number of aryl methyl sites for hydroxylation is 1. The van der Waals surface area contributed by atoms with E-state index in [-0.39, 0.29) is 23.9 Å². The van der Waals surface area contributed by atoms with Gasteiger partial charge in [0, 0.05) is 12.1 Å². The number of hydrogen-bond donors (Lipinski definition) is 3. The number of nitrogens with two attached hydrogens (primary N) is 1. The van der Waals surface area contributed by atoms with Crippen LogP contribution in [-0.4, -0.2) is 52.4 Å². The van der Waals surface area contributed by atoms with Gasteiger partial charge < -0.3 is 26.0 Å². The molecule has 1 aromatic rings. The highest BCUT2D eigenvalue weighted by atomic mass is 16.6. The number of nitrogens with one attached hydrogen (secondary N) is 2. The molecule has 0 radical (unpaired) electrons. The molecule has 0 saturated heterocycles. The Kier molecular flexibility index (Phi) is 9.21. The third-order valence-electron chi connectivity index (χ3n) is 6.94. The lowest BCUT2D eigenvalue weighted by atomic mass is 9.94. The molecule has 2 aliphatic rings. The zero-order chi connectivity index (χ0) is 27.3. The van der Waals surface area contributed by atoms with E-state index in [1.807, 2.05) is 38.1 Å². The molecular formula is C28H42N4O5. The average Bonchev–Trinajstić information content (AvgIpc) is 3.52. The Morgan fingerprint density at radius 3 is 2.19 bits per heavy atom. The van der Waals surface area contributed by atoms with Crippen LogP contribution in [0, 0.1) is 12.8 Å². The highest BCUT2D eigenvalue weighted by Crippen LogP contribution is 2.41. The SMILES string of the molecule is Cc1ccc(C(C(=O)NC2CCCCC2)N(C(=O)C(CC(N)=O)NC(=O)OC(C)(C)C)C2CC2C)cc1. The minimum absolute atomic E-state index is 0.0593. The molecule has 0 heterocycles. The van der Waals surface area contributed by atoms with E-state index in [4.69, 9.17) is 10.5 Å². The van der Waals surface area contributed by atoms with Crippen molar-refractivity contribution in [1.82, 2.24) is 15.5 Å². The molecule has 2 aliphatic carbocycles. The number of alkyl carbamates (subject to hydrolysis) is 1. The van der Waals surface area contributed by atoms with Crippen LogP contribution >= 0.6 is 0 Å². The summed E-state index contributed by atoms with van der Waals surface area (Å²) < 4.78 is 5.33. The van der Waals surface area contributed by atoms with Crippen molar-refractivity contribution in [2.24, 2.45) is 11.7 Å². The van der Waals surface area contributed by atoms with Crippen LogP contribution in [0.2, 0.25) is 0 Å². The summed E-state index contributed by atoms with van der Waals surface area (Å²) in [6.45, 7) is 9.09. The van der Waals surface area contributed by atoms with E-state index >= 15 is 0 Å². The van der Waals surface area contributed by atoms with Gasteiger partial charge in [-0.1, -0.05) is 56.0 Å². The number of amides is 4. The van der Waals surface area contributed by atoms with Crippen LogP contribution in [0.4, 0.5) is 4.79 Å². The number of ether oxygens (including phenoxy) is 1. The van der Waals surface area contributed by atoms with Gasteiger partial charge in [-0.25, -0.2) is 4.79 Å². The van der Waals surface area contributed by atoms with Gasteiger partial charge in [-0.05, 0) is 58.4 Å². The molecule has 4 atom stereocenters. The second kappa shape index (κ2) is 12.0. The number of nitrogens with zero attached hydrogens (tertiary/aromatic N) is 1. The molecule has 2 fully saturated rings. The molecule has 0 aromatic heterocycles. The maximum atomic E-state index is 14.1. The number of carbonyl (C=O) groups is 4. The number of rotatable bonds is 9. The fraction of sp³-hybridized carbons (Fsp3) is 0.643. The highest BCUT2D eigenvalue weighted by Gasteiger charge is 2.48. The Hall–Kier alpha value is -3.10. The third kappa shape index (κ3) is 8.20. The molecule has 0 spiro atoms. The molecule has 4 unspecified atom stereocenters. The second-order valence-electron chi connectivity index (χ2n) is 11.6. The summed E-state index contributed by atoms with van der Waals surface area (Å²) >= 11 is 0. The summed E-state index contributed by atoms with van der Waals surface area (Å²) in [5.41, 5.74) is 6.38. The minimum Gasteiger partial charge on any atom is -0.444 e. The zero-order valence-electron chi connectivity index (χ0n) is 22.7. The van der Waals surface area contributed by atoms with Crippen LogP contribution in [0.3, 0.4) is 0 Å². The lowest BCUT2D eigenvalue weighted by molar-refractivity contribution is -0.144. The molecule has 0 bridgehead atoms. The number of carbonyl (C=O) groups excluding carboxylic acids is 4. The van der Waals surface area contributed by atoms with Crippen molar-refractivity contribution < 1.29 is 23.9 Å². The Morgan fingerprint density at radius 2 is 1.68 bits per heavy atom. The Labute approximate surface area is 219 Å². The summed E-state index contributed by atoms with van der Waals surface area (Å²) in [5.74, 6) is -1.34. The van der Waals surface area contributed by atoms with E-state index in [0.29, 0.717) is 5.56 Å². The van der Waals surface area contributed by atoms with Crippen molar-refractivity contribution in [2.75, 3.05) is 0 Å². The summed E-state index contributed by atoms with van der Waals surface area (Å²) in [7, 11) is 0. The van der Waals surface area contributed by atoms with E-state index in [2.05, 4.69) is 10.6 Å². The standard InChI is InChI=1S/C28H42N4O5/c1-17-11-13-19(14-12-17)24(25(34)30-20-9-7-6-8-10-20)32(22-15-18(22)2)26(35)21(16-23(29)33)31-27(36)37-28(3,4)5/h11-14,18,20-22,24H,6-10,15-16H2,1-5H3,(H2,29,33)(H,30,34)(H,31,36). The predicted octanol–water partition coefficient (Wildman–Crippen LogP) is 3.49. The Balaban J connectivity index is 1.96. The number of benzene rings is 1. The normalized spacial score (nSPS) is 21.3. The van der Waals surface area contributed by atoms with Crippen molar-refractivity contribution in [3.05, 3.63) is 35.4 Å². The van der Waals surface area contributed by atoms with Gasteiger partial charge in [-0.3, -0.25) is 14.4 Å². The highest BCUT2D eigenvalue weighted by molar-refractivity contribution is 5.95. The van der Waals surface area contributed by atoms with Crippen molar-refractivity contribution in [3.63, 3.8) is 0 Å². The van der Waals surface area contributed by atoms with Crippen molar-refractivity contribution in [3.8, 4) is 0 Å². The molecule has 204 valence electrons. The molecule has 37 heavy (non-hydrogen) atoms. The van der Waals surface area contributed by atoms with E-state index in [1.54, 1.807) is 25.7 Å². The Morgan fingerprint density at radius 1 is 1.08 bits per heavy atom. The summed E-state index contributed by atoms with van der Waals surface area (Å²) in [6, 6.07) is 5.24. The molecule has 1 aromatic carbocycles. The lowest BCUT2D eigenvalue weighted by Gasteiger charge is -2.36. The van der Waals surface area contributed by atoms with Gasteiger partial charge in [0.25, 0.3) is 0 Å². The first kappa shape index (κ1) is 28.5. The van der Waals surface area contributed by atoms with Gasteiger partial charge in [0.15, 0.2) is 0 Å². The first-order chi connectivity index (χ1) is 17.4. The van der Waals surface area contributed by atoms with Crippen molar-refractivity contribution in [1.29, 1.82) is 0 Å². The summed E-state index contributed by atoms with van der Waals surface area (Å²) in [4.78, 5) is 53.9.